The highest BCUT2D eigenvalue weighted by atomic mass is 16.5. The number of para-hydroxylation sites is 2. The van der Waals surface area contributed by atoms with Crippen molar-refractivity contribution in [3.8, 4) is 17.2 Å². The van der Waals surface area contributed by atoms with E-state index in [1.807, 2.05) is 43.3 Å². The summed E-state index contributed by atoms with van der Waals surface area (Å²) in [5.74, 6) is -1.50. The second-order valence-corrected chi connectivity index (χ2v) is 8.74. The molecule has 0 aliphatic rings. The van der Waals surface area contributed by atoms with E-state index in [2.05, 4.69) is 4.98 Å². The highest BCUT2D eigenvalue weighted by molar-refractivity contribution is 5.78. The largest absolute Gasteiger partial charge is 0.488 e. The first-order valence-corrected chi connectivity index (χ1v) is 12.3. The first-order valence-electron chi connectivity index (χ1n) is 12.3. The molecule has 0 aliphatic heterocycles. The first kappa shape index (κ1) is 26.5. The lowest BCUT2D eigenvalue weighted by atomic mass is 9.93. The predicted molar refractivity (Wildman–Crippen MR) is 142 cm³/mol. The molecule has 4 aromatic rings. The lowest BCUT2D eigenvalue weighted by molar-refractivity contribution is -0.140. The molecule has 0 bridgehead atoms. The average molecular weight is 516 g/mol. The summed E-state index contributed by atoms with van der Waals surface area (Å²) in [6.45, 7) is 1.75. The number of pyridine rings is 1. The van der Waals surface area contributed by atoms with E-state index in [0.717, 1.165) is 16.6 Å². The lowest BCUT2D eigenvalue weighted by Crippen LogP contribution is -2.14. The van der Waals surface area contributed by atoms with E-state index in [-0.39, 0.29) is 13.2 Å². The second-order valence-electron chi connectivity index (χ2n) is 8.74. The van der Waals surface area contributed by atoms with Crippen LogP contribution in [0.15, 0.2) is 78.9 Å². The van der Waals surface area contributed by atoms with Gasteiger partial charge in [-0.25, -0.2) is 9.78 Å². The quantitative estimate of drug-likeness (QED) is 0.229. The molecule has 0 saturated heterocycles. The standard InChI is InChI=1S/C30H29NO7/c1-2-7-24(30(34)35)25-16-23(36-18-22-13-12-20-8-3-5-10-26(20)31-22)14-15-28(25)37-17-21-9-4-6-11-27(21)38-19-29(32)33/h3-6,8-16,24H,2,7,17-19H2,1H3,(H,32,33)(H,34,35). The third kappa shape index (κ3) is 6.79. The van der Waals surface area contributed by atoms with Crippen molar-refractivity contribution in [1.29, 1.82) is 0 Å². The number of benzene rings is 3. The van der Waals surface area contributed by atoms with Gasteiger partial charge < -0.3 is 24.4 Å². The normalized spacial score (nSPS) is 11.6. The van der Waals surface area contributed by atoms with Crippen LogP contribution in [0.2, 0.25) is 0 Å². The van der Waals surface area contributed by atoms with Crippen molar-refractivity contribution in [3.63, 3.8) is 0 Å². The van der Waals surface area contributed by atoms with Crippen molar-refractivity contribution in [1.82, 2.24) is 4.98 Å². The topological polar surface area (TPSA) is 115 Å². The Labute approximate surface area is 220 Å². The maximum Gasteiger partial charge on any atom is 0.341 e. The van der Waals surface area contributed by atoms with E-state index in [1.54, 1.807) is 42.5 Å². The van der Waals surface area contributed by atoms with Gasteiger partial charge in [-0.2, -0.15) is 0 Å². The van der Waals surface area contributed by atoms with Crippen LogP contribution in [0.5, 0.6) is 17.2 Å². The summed E-state index contributed by atoms with van der Waals surface area (Å²) in [7, 11) is 0. The molecule has 1 atom stereocenters. The number of hydrogen-bond acceptors (Lipinski definition) is 6. The van der Waals surface area contributed by atoms with Crippen LogP contribution in [0, 0.1) is 0 Å². The SMILES string of the molecule is CCCC(C(=O)O)c1cc(OCc2ccc3ccccc3n2)ccc1OCc1ccccc1OCC(=O)O. The summed E-state index contributed by atoms with van der Waals surface area (Å²) in [5, 5.41) is 19.9. The van der Waals surface area contributed by atoms with E-state index in [4.69, 9.17) is 19.3 Å². The van der Waals surface area contributed by atoms with Gasteiger partial charge >= 0.3 is 11.9 Å². The van der Waals surface area contributed by atoms with E-state index < -0.39 is 24.5 Å². The number of ether oxygens (including phenoxy) is 3. The van der Waals surface area contributed by atoms with Crippen LogP contribution in [-0.4, -0.2) is 33.7 Å². The Hall–Kier alpha value is -4.59. The fraction of sp³-hybridized carbons (Fsp3) is 0.233. The molecule has 2 N–H and O–H groups in total. The smallest absolute Gasteiger partial charge is 0.341 e. The van der Waals surface area contributed by atoms with Crippen LogP contribution in [-0.2, 0) is 22.8 Å². The van der Waals surface area contributed by atoms with Crippen LogP contribution in [0.1, 0.15) is 42.5 Å². The van der Waals surface area contributed by atoms with Gasteiger partial charge in [-0.15, -0.1) is 0 Å². The second kappa shape index (κ2) is 12.6. The van der Waals surface area contributed by atoms with E-state index in [0.29, 0.717) is 41.2 Å². The van der Waals surface area contributed by atoms with Gasteiger partial charge in [-0.3, -0.25) is 4.79 Å². The molecule has 8 heteroatoms. The monoisotopic (exact) mass is 515 g/mol. The van der Waals surface area contributed by atoms with Crippen LogP contribution in [0.4, 0.5) is 0 Å². The Kier molecular flexibility index (Phi) is 8.77. The highest BCUT2D eigenvalue weighted by Gasteiger charge is 2.24. The summed E-state index contributed by atoms with van der Waals surface area (Å²) < 4.78 is 17.4. The Morgan fingerprint density at radius 1 is 0.842 bits per heavy atom. The molecule has 196 valence electrons. The molecule has 0 saturated carbocycles. The van der Waals surface area contributed by atoms with E-state index in [1.165, 1.54) is 0 Å². The van der Waals surface area contributed by atoms with Gasteiger partial charge in [-0.1, -0.05) is 55.8 Å². The number of fused-ring (bicyclic) bond motifs is 1. The van der Waals surface area contributed by atoms with Gasteiger partial charge in [0.15, 0.2) is 6.61 Å². The number of carbonyl (C=O) groups is 2. The van der Waals surface area contributed by atoms with Gasteiger partial charge in [0.25, 0.3) is 0 Å². The molecule has 8 nitrogen and oxygen atoms in total. The third-order valence-corrected chi connectivity index (χ3v) is 5.98. The summed E-state index contributed by atoms with van der Waals surface area (Å²) in [4.78, 5) is 27.7. The lowest BCUT2D eigenvalue weighted by Gasteiger charge is -2.19. The molecule has 3 aromatic carbocycles. The zero-order valence-electron chi connectivity index (χ0n) is 21.0. The van der Waals surface area contributed by atoms with Crippen molar-refractivity contribution in [2.24, 2.45) is 0 Å². The molecule has 0 radical (unpaired) electrons. The van der Waals surface area contributed by atoms with Gasteiger partial charge in [0, 0.05) is 16.5 Å². The van der Waals surface area contributed by atoms with Crippen LogP contribution in [0.3, 0.4) is 0 Å². The molecule has 0 aliphatic carbocycles. The summed E-state index contributed by atoms with van der Waals surface area (Å²) in [5.41, 5.74) is 2.78. The van der Waals surface area contributed by atoms with Gasteiger partial charge in [0.1, 0.15) is 30.5 Å². The summed E-state index contributed by atoms with van der Waals surface area (Å²) >= 11 is 0. The predicted octanol–water partition coefficient (Wildman–Crippen LogP) is 5.82. The van der Waals surface area contributed by atoms with Gasteiger partial charge in [0.2, 0.25) is 0 Å². The minimum absolute atomic E-state index is 0.0719. The van der Waals surface area contributed by atoms with Gasteiger partial charge in [0.05, 0.1) is 17.1 Å². The van der Waals surface area contributed by atoms with Crippen LogP contribution < -0.4 is 14.2 Å². The molecule has 1 heterocycles. The Morgan fingerprint density at radius 2 is 1.63 bits per heavy atom. The molecular formula is C30H29NO7. The molecule has 0 amide bonds. The minimum Gasteiger partial charge on any atom is -0.488 e. The number of hydrogen-bond donors (Lipinski definition) is 2. The van der Waals surface area contributed by atoms with Crippen LogP contribution in [0.25, 0.3) is 10.9 Å². The fourth-order valence-electron chi connectivity index (χ4n) is 4.13. The Morgan fingerprint density at radius 3 is 2.42 bits per heavy atom. The number of nitrogens with zero attached hydrogens (tertiary/aromatic N) is 1. The molecule has 1 aromatic heterocycles. The maximum atomic E-state index is 12.2. The first-order chi connectivity index (χ1) is 18.4. The zero-order chi connectivity index (χ0) is 26.9. The Balaban J connectivity index is 1.55. The van der Waals surface area contributed by atoms with Crippen molar-refractivity contribution < 1.29 is 34.0 Å². The van der Waals surface area contributed by atoms with Gasteiger partial charge in [-0.05, 0) is 42.8 Å². The Bertz CT molecular complexity index is 1420. The van der Waals surface area contributed by atoms with Crippen molar-refractivity contribution in [3.05, 3.63) is 95.7 Å². The maximum absolute atomic E-state index is 12.2. The molecule has 1 unspecified atom stereocenters. The number of carboxylic acid groups (broad SMARTS) is 2. The fourth-order valence-corrected chi connectivity index (χ4v) is 4.13. The molecule has 0 spiro atoms. The molecule has 4 rings (SSSR count). The van der Waals surface area contributed by atoms with Crippen LogP contribution >= 0.6 is 0 Å². The van der Waals surface area contributed by atoms with E-state index in [9.17, 15) is 14.7 Å². The van der Waals surface area contributed by atoms with Crippen molar-refractivity contribution in [2.45, 2.75) is 38.9 Å². The average Bonchev–Trinajstić information content (AvgIpc) is 2.93. The number of carboxylic acids is 2. The van der Waals surface area contributed by atoms with E-state index >= 15 is 0 Å². The molecule has 38 heavy (non-hydrogen) atoms. The third-order valence-electron chi connectivity index (χ3n) is 5.98. The summed E-state index contributed by atoms with van der Waals surface area (Å²) in [6, 6.07) is 23.8. The zero-order valence-corrected chi connectivity index (χ0v) is 21.0. The number of aromatic nitrogens is 1. The molecular weight excluding hydrogens is 486 g/mol. The van der Waals surface area contributed by atoms with Crippen molar-refractivity contribution >= 4 is 22.8 Å². The number of rotatable bonds is 13. The minimum atomic E-state index is -1.08. The molecule has 0 fully saturated rings. The summed E-state index contributed by atoms with van der Waals surface area (Å²) in [6.07, 6.45) is 1.11. The number of aliphatic carboxylic acids is 2. The highest BCUT2D eigenvalue weighted by Crippen LogP contribution is 2.35. The van der Waals surface area contributed by atoms with Crippen molar-refractivity contribution in [2.75, 3.05) is 6.61 Å².